The minimum atomic E-state index is -0.0964. The molecular weight excluding hydrogens is 320 g/mol. The number of carbonyl (C=O) groups is 1. The number of nitrogens with one attached hydrogen (secondary N) is 3. The molecule has 0 bridgehead atoms. The van der Waals surface area contributed by atoms with Crippen molar-refractivity contribution in [1.82, 2.24) is 5.43 Å². The van der Waals surface area contributed by atoms with Gasteiger partial charge in [0.05, 0.1) is 6.21 Å². The Morgan fingerprint density at radius 2 is 1.79 bits per heavy atom. The molecular formula is C18H20N4OS. The standard InChI is InChI=1S/C18H20N4OS/c1-12-4-9-17(13(2)10-12)21-18(24)22-19-11-15-5-7-16(8-6-15)20-14(3)23/h4-11H,1-3H3,(H,20,23)(H2,21,22,24)/b19-11-. The van der Waals surface area contributed by atoms with Crippen LogP contribution in [0.4, 0.5) is 11.4 Å². The second-order valence-corrected chi connectivity index (χ2v) is 5.85. The summed E-state index contributed by atoms with van der Waals surface area (Å²) in [6.45, 7) is 5.55. The molecule has 5 nitrogen and oxygen atoms in total. The lowest BCUT2D eigenvalue weighted by atomic mass is 10.1. The van der Waals surface area contributed by atoms with Crippen LogP contribution in [0.2, 0.25) is 0 Å². The first-order valence-electron chi connectivity index (χ1n) is 7.49. The molecule has 124 valence electrons. The van der Waals surface area contributed by atoms with Crippen molar-refractivity contribution >= 4 is 40.8 Å². The zero-order valence-electron chi connectivity index (χ0n) is 13.9. The van der Waals surface area contributed by atoms with E-state index in [1.807, 2.05) is 43.3 Å². The number of amides is 1. The van der Waals surface area contributed by atoms with Crippen LogP contribution in [0.15, 0.2) is 47.6 Å². The Bertz CT molecular complexity index is 769. The van der Waals surface area contributed by atoms with E-state index in [1.165, 1.54) is 12.5 Å². The van der Waals surface area contributed by atoms with Crippen molar-refractivity contribution in [3.8, 4) is 0 Å². The third-order valence-corrected chi connectivity index (χ3v) is 3.43. The van der Waals surface area contributed by atoms with Crippen LogP contribution in [0.1, 0.15) is 23.6 Å². The Hall–Kier alpha value is -2.73. The number of hydrogen-bond acceptors (Lipinski definition) is 3. The summed E-state index contributed by atoms with van der Waals surface area (Å²) >= 11 is 5.23. The molecule has 0 aliphatic carbocycles. The Kier molecular flexibility index (Phi) is 6.03. The fourth-order valence-electron chi connectivity index (χ4n) is 2.13. The molecule has 0 aromatic heterocycles. The minimum absolute atomic E-state index is 0.0964. The summed E-state index contributed by atoms with van der Waals surface area (Å²) in [7, 11) is 0. The van der Waals surface area contributed by atoms with Crippen molar-refractivity contribution in [3.05, 3.63) is 59.2 Å². The number of hydrazone groups is 1. The second kappa shape index (κ2) is 8.21. The van der Waals surface area contributed by atoms with Gasteiger partial charge in [0, 0.05) is 18.3 Å². The second-order valence-electron chi connectivity index (χ2n) is 5.45. The molecule has 0 atom stereocenters. The van der Waals surface area contributed by atoms with Gasteiger partial charge in [-0.3, -0.25) is 10.2 Å². The van der Waals surface area contributed by atoms with Gasteiger partial charge in [-0.1, -0.05) is 29.8 Å². The molecule has 0 fully saturated rings. The normalized spacial score (nSPS) is 10.5. The Morgan fingerprint density at radius 3 is 2.42 bits per heavy atom. The molecule has 2 aromatic carbocycles. The third-order valence-electron chi connectivity index (χ3n) is 3.24. The number of rotatable bonds is 4. The van der Waals surface area contributed by atoms with Gasteiger partial charge in [0.15, 0.2) is 5.11 Å². The quantitative estimate of drug-likeness (QED) is 0.452. The van der Waals surface area contributed by atoms with Crippen LogP contribution in [0.5, 0.6) is 0 Å². The number of thiocarbonyl (C=S) groups is 1. The van der Waals surface area contributed by atoms with Gasteiger partial charge in [-0.15, -0.1) is 0 Å². The maximum atomic E-state index is 11.0. The summed E-state index contributed by atoms with van der Waals surface area (Å²) in [6.07, 6.45) is 1.66. The molecule has 0 saturated carbocycles. The molecule has 1 amide bonds. The van der Waals surface area contributed by atoms with Gasteiger partial charge in [-0.2, -0.15) is 5.10 Å². The van der Waals surface area contributed by atoms with Crippen molar-refractivity contribution in [1.29, 1.82) is 0 Å². The molecule has 0 aliphatic heterocycles. The van der Waals surface area contributed by atoms with Gasteiger partial charge in [0.25, 0.3) is 0 Å². The molecule has 6 heteroatoms. The van der Waals surface area contributed by atoms with E-state index in [2.05, 4.69) is 34.2 Å². The van der Waals surface area contributed by atoms with Gasteiger partial charge in [0.1, 0.15) is 0 Å². The van der Waals surface area contributed by atoms with E-state index in [-0.39, 0.29) is 5.91 Å². The van der Waals surface area contributed by atoms with Crippen LogP contribution >= 0.6 is 12.2 Å². The monoisotopic (exact) mass is 340 g/mol. The van der Waals surface area contributed by atoms with Crippen LogP contribution in [0.25, 0.3) is 0 Å². The maximum Gasteiger partial charge on any atom is 0.221 e. The lowest BCUT2D eigenvalue weighted by Gasteiger charge is -2.10. The maximum absolute atomic E-state index is 11.0. The average molecular weight is 340 g/mol. The van der Waals surface area contributed by atoms with Crippen molar-refractivity contribution in [2.24, 2.45) is 5.10 Å². The topological polar surface area (TPSA) is 65.5 Å². The summed E-state index contributed by atoms with van der Waals surface area (Å²) < 4.78 is 0. The number of nitrogens with zero attached hydrogens (tertiary/aromatic N) is 1. The van der Waals surface area contributed by atoms with Crippen LogP contribution in [-0.2, 0) is 4.79 Å². The highest BCUT2D eigenvalue weighted by Crippen LogP contribution is 2.15. The Morgan fingerprint density at radius 1 is 1.08 bits per heavy atom. The van der Waals surface area contributed by atoms with E-state index >= 15 is 0 Å². The predicted octanol–water partition coefficient (Wildman–Crippen LogP) is 3.58. The summed E-state index contributed by atoms with van der Waals surface area (Å²) in [6, 6.07) is 13.4. The number of hydrogen-bond donors (Lipinski definition) is 3. The van der Waals surface area contributed by atoms with E-state index in [4.69, 9.17) is 12.2 Å². The molecule has 0 saturated heterocycles. The van der Waals surface area contributed by atoms with Crippen LogP contribution in [0.3, 0.4) is 0 Å². The molecule has 0 heterocycles. The highest BCUT2D eigenvalue weighted by atomic mass is 32.1. The molecule has 24 heavy (non-hydrogen) atoms. The summed E-state index contributed by atoms with van der Waals surface area (Å²) in [4.78, 5) is 11.0. The van der Waals surface area contributed by atoms with E-state index < -0.39 is 0 Å². The molecule has 0 aliphatic rings. The van der Waals surface area contributed by atoms with Gasteiger partial charge >= 0.3 is 0 Å². The molecule has 2 rings (SSSR count). The van der Waals surface area contributed by atoms with E-state index in [9.17, 15) is 4.79 Å². The third kappa shape index (κ3) is 5.48. The van der Waals surface area contributed by atoms with Gasteiger partial charge in [-0.25, -0.2) is 0 Å². The highest BCUT2D eigenvalue weighted by Gasteiger charge is 2.00. The summed E-state index contributed by atoms with van der Waals surface area (Å²) in [5.74, 6) is -0.0964. The zero-order chi connectivity index (χ0) is 17.5. The predicted molar refractivity (Wildman–Crippen MR) is 104 cm³/mol. The van der Waals surface area contributed by atoms with Gasteiger partial charge in [-0.05, 0) is 55.4 Å². The number of benzene rings is 2. The lowest BCUT2D eigenvalue weighted by molar-refractivity contribution is -0.114. The number of aryl methyl sites for hydroxylation is 2. The van der Waals surface area contributed by atoms with E-state index in [0.29, 0.717) is 5.11 Å². The van der Waals surface area contributed by atoms with Crippen LogP contribution in [0, 0.1) is 13.8 Å². The molecule has 2 aromatic rings. The van der Waals surface area contributed by atoms with E-state index in [1.54, 1.807) is 6.21 Å². The van der Waals surface area contributed by atoms with Crippen LogP contribution in [-0.4, -0.2) is 17.2 Å². The lowest BCUT2D eigenvalue weighted by Crippen LogP contribution is -2.24. The van der Waals surface area contributed by atoms with Gasteiger partial charge in [0.2, 0.25) is 5.91 Å². The highest BCUT2D eigenvalue weighted by molar-refractivity contribution is 7.80. The SMILES string of the molecule is CC(=O)Nc1ccc(/C=N\NC(=S)Nc2ccc(C)cc2C)cc1. The van der Waals surface area contributed by atoms with Crippen LogP contribution < -0.4 is 16.1 Å². The number of carbonyl (C=O) groups excluding carboxylic acids is 1. The Balaban J connectivity index is 1.88. The van der Waals surface area contributed by atoms with Crippen molar-refractivity contribution in [2.75, 3.05) is 10.6 Å². The average Bonchev–Trinajstić information content (AvgIpc) is 2.51. The Labute approximate surface area is 147 Å². The fraction of sp³-hybridized carbons (Fsp3) is 0.167. The first-order chi connectivity index (χ1) is 11.4. The molecule has 0 unspecified atom stereocenters. The fourth-order valence-corrected chi connectivity index (χ4v) is 2.29. The molecule has 0 radical (unpaired) electrons. The minimum Gasteiger partial charge on any atom is -0.331 e. The molecule has 3 N–H and O–H groups in total. The van der Waals surface area contributed by atoms with Crippen molar-refractivity contribution in [2.45, 2.75) is 20.8 Å². The van der Waals surface area contributed by atoms with Crippen molar-refractivity contribution in [3.63, 3.8) is 0 Å². The first-order valence-corrected chi connectivity index (χ1v) is 7.90. The largest absolute Gasteiger partial charge is 0.331 e. The summed E-state index contributed by atoms with van der Waals surface area (Å²) in [5.41, 5.74) is 7.71. The molecule has 0 spiro atoms. The van der Waals surface area contributed by atoms with Gasteiger partial charge < -0.3 is 10.6 Å². The number of anilines is 2. The first kappa shape index (κ1) is 17.6. The zero-order valence-corrected chi connectivity index (χ0v) is 14.7. The smallest absolute Gasteiger partial charge is 0.221 e. The van der Waals surface area contributed by atoms with Crippen molar-refractivity contribution < 1.29 is 4.79 Å². The summed E-state index contributed by atoms with van der Waals surface area (Å²) in [5, 5.41) is 10.4. The van der Waals surface area contributed by atoms with E-state index in [0.717, 1.165) is 22.5 Å².